The van der Waals surface area contributed by atoms with Gasteiger partial charge in [-0.25, -0.2) is 9.97 Å². The van der Waals surface area contributed by atoms with E-state index < -0.39 is 5.60 Å². The van der Waals surface area contributed by atoms with Gasteiger partial charge in [0.15, 0.2) is 0 Å². The minimum atomic E-state index is -0.849. The van der Waals surface area contributed by atoms with Gasteiger partial charge in [0.2, 0.25) is 0 Å². The van der Waals surface area contributed by atoms with E-state index in [1.54, 1.807) is 7.05 Å². The van der Waals surface area contributed by atoms with Crippen LogP contribution in [0.4, 0.5) is 0 Å². The third kappa shape index (κ3) is 3.02. The topological polar surface area (TPSA) is 75.6 Å². The summed E-state index contributed by atoms with van der Waals surface area (Å²) in [6.45, 7) is 1.37. The van der Waals surface area contributed by atoms with Gasteiger partial charge < -0.3 is 14.7 Å². The normalized spacial score (nSPS) is 18.3. The van der Waals surface area contributed by atoms with Crippen LogP contribution in [-0.2, 0) is 4.74 Å². The van der Waals surface area contributed by atoms with Gasteiger partial charge in [-0.3, -0.25) is 4.79 Å². The molecule has 0 aliphatic carbocycles. The number of carbonyl (C=O) groups excluding carboxylic acids is 1. The number of aliphatic hydroxyl groups is 1. The van der Waals surface area contributed by atoms with Gasteiger partial charge in [0.05, 0.1) is 11.2 Å². The lowest BCUT2D eigenvalue weighted by molar-refractivity contribution is -0.0734. The second kappa shape index (κ2) is 5.41. The molecule has 1 amide bonds. The fraction of sp³-hybridized carbons (Fsp3) is 0.583. The third-order valence-corrected chi connectivity index (χ3v) is 3.11. The van der Waals surface area contributed by atoms with E-state index in [1.165, 1.54) is 23.6 Å². The van der Waals surface area contributed by atoms with Gasteiger partial charge in [-0.05, 0) is 0 Å². The lowest BCUT2D eigenvalue weighted by atomic mass is 9.94. The molecule has 0 saturated carbocycles. The molecule has 1 fully saturated rings. The highest BCUT2D eigenvalue weighted by Gasteiger charge is 2.32. The van der Waals surface area contributed by atoms with Crippen molar-refractivity contribution in [2.24, 2.45) is 0 Å². The fourth-order valence-corrected chi connectivity index (χ4v) is 2.05. The molecule has 1 aromatic heterocycles. The molecule has 18 heavy (non-hydrogen) atoms. The highest BCUT2D eigenvalue weighted by atomic mass is 16.5. The van der Waals surface area contributed by atoms with Crippen molar-refractivity contribution in [2.45, 2.75) is 18.4 Å². The molecule has 0 aromatic carbocycles. The van der Waals surface area contributed by atoms with Crippen LogP contribution in [0.25, 0.3) is 0 Å². The minimum absolute atomic E-state index is 0.185. The standard InChI is InChI=1S/C12H17N3O3/c1-15(8-12(17)2-4-18-5-3-12)11(16)10-6-13-9-14-7-10/h6-7,9,17H,2-5,8H2,1H3. The van der Waals surface area contributed by atoms with Gasteiger partial charge >= 0.3 is 0 Å². The number of likely N-dealkylation sites (N-methyl/N-ethyl adjacent to an activating group) is 1. The van der Waals surface area contributed by atoms with Gasteiger partial charge in [-0.2, -0.15) is 0 Å². The lowest BCUT2D eigenvalue weighted by Gasteiger charge is -2.35. The Morgan fingerprint density at radius 3 is 2.67 bits per heavy atom. The molecule has 6 nitrogen and oxygen atoms in total. The summed E-state index contributed by atoms with van der Waals surface area (Å²) in [5.74, 6) is -0.185. The quantitative estimate of drug-likeness (QED) is 0.824. The molecule has 98 valence electrons. The maximum absolute atomic E-state index is 12.1. The molecular formula is C12H17N3O3. The van der Waals surface area contributed by atoms with Gasteiger partial charge in [-0.15, -0.1) is 0 Å². The first-order chi connectivity index (χ1) is 8.61. The van der Waals surface area contributed by atoms with Crippen LogP contribution in [-0.4, -0.2) is 58.3 Å². The zero-order chi connectivity index (χ0) is 13.0. The van der Waals surface area contributed by atoms with Gasteiger partial charge in [0.1, 0.15) is 6.33 Å². The van der Waals surface area contributed by atoms with E-state index in [2.05, 4.69) is 9.97 Å². The van der Waals surface area contributed by atoms with Gasteiger partial charge in [0.25, 0.3) is 5.91 Å². The summed E-state index contributed by atoms with van der Waals surface area (Å²) in [6.07, 6.45) is 5.42. The largest absolute Gasteiger partial charge is 0.388 e. The second-order valence-electron chi connectivity index (χ2n) is 4.63. The number of carbonyl (C=O) groups is 1. The number of amides is 1. The number of ether oxygens (including phenoxy) is 1. The summed E-state index contributed by atoms with van der Waals surface area (Å²) in [5, 5.41) is 10.3. The van der Waals surface area contributed by atoms with Crippen molar-refractivity contribution in [3.8, 4) is 0 Å². The molecule has 6 heteroatoms. The highest BCUT2D eigenvalue weighted by molar-refractivity contribution is 5.93. The van der Waals surface area contributed by atoms with Crippen LogP contribution in [0.1, 0.15) is 23.2 Å². The lowest BCUT2D eigenvalue weighted by Crippen LogP contribution is -2.47. The molecule has 2 heterocycles. The molecule has 0 atom stereocenters. The van der Waals surface area contributed by atoms with Crippen molar-refractivity contribution in [1.82, 2.24) is 14.9 Å². The van der Waals surface area contributed by atoms with Crippen LogP contribution in [0.5, 0.6) is 0 Å². The summed E-state index contributed by atoms with van der Waals surface area (Å²) >= 11 is 0. The van der Waals surface area contributed by atoms with Crippen molar-refractivity contribution in [1.29, 1.82) is 0 Å². The molecular weight excluding hydrogens is 234 g/mol. The molecule has 1 aliphatic rings. The minimum Gasteiger partial charge on any atom is -0.388 e. The SMILES string of the molecule is CN(CC1(O)CCOCC1)C(=O)c1cncnc1. The van der Waals surface area contributed by atoms with E-state index in [1.807, 2.05) is 0 Å². The summed E-state index contributed by atoms with van der Waals surface area (Å²) < 4.78 is 5.21. The Kier molecular flexibility index (Phi) is 3.88. The van der Waals surface area contributed by atoms with E-state index in [-0.39, 0.29) is 5.91 Å². The first-order valence-corrected chi connectivity index (χ1v) is 5.91. The van der Waals surface area contributed by atoms with Crippen LogP contribution in [0.2, 0.25) is 0 Å². The van der Waals surface area contributed by atoms with Crippen molar-refractivity contribution >= 4 is 5.91 Å². The molecule has 1 saturated heterocycles. The summed E-state index contributed by atoms with van der Waals surface area (Å²) in [5.41, 5.74) is -0.422. The molecule has 0 radical (unpaired) electrons. The van der Waals surface area contributed by atoms with Crippen molar-refractivity contribution < 1.29 is 14.6 Å². The molecule has 1 N–H and O–H groups in total. The Morgan fingerprint density at radius 2 is 2.06 bits per heavy atom. The molecule has 0 unspecified atom stereocenters. The predicted molar refractivity (Wildman–Crippen MR) is 64.0 cm³/mol. The fourth-order valence-electron chi connectivity index (χ4n) is 2.05. The molecule has 1 aromatic rings. The average Bonchev–Trinajstić information content (AvgIpc) is 2.39. The van der Waals surface area contributed by atoms with Crippen LogP contribution in [0.3, 0.4) is 0 Å². The van der Waals surface area contributed by atoms with Crippen molar-refractivity contribution in [3.63, 3.8) is 0 Å². The maximum atomic E-state index is 12.1. The van der Waals surface area contributed by atoms with Gasteiger partial charge in [-0.1, -0.05) is 0 Å². The third-order valence-electron chi connectivity index (χ3n) is 3.11. The van der Waals surface area contributed by atoms with E-state index in [9.17, 15) is 9.90 Å². The molecule has 2 rings (SSSR count). The zero-order valence-electron chi connectivity index (χ0n) is 10.4. The van der Waals surface area contributed by atoms with Crippen molar-refractivity contribution in [2.75, 3.05) is 26.8 Å². The van der Waals surface area contributed by atoms with Gasteiger partial charge in [0, 0.05) is 52.0 Å². The van der Waals surface area contributed by atoms with Crippen molar-refractivity contribution in [3.05, 3.63) is 24.3 Å². The highest BCUT2D eigenvalue weighted by Crippen LogP contribution is 2.21. The summed E-state index contributed by atoms with van der Waals surface area (Å²) in [6, 6.07) is 0. The number of hydrogen-bond acceptors (Lipinski definition) is 5. The van der Waals surface area contributed by atoms with E-state index >= 15 is 0 Å². The van der Waals surface area contributed by atoms with Crippen LogP contribution < -0.4 is 0 Å². The van der Waals surface area contributed by atoms with Crippen LogP contribution >= 0.6 is 0 Å². The number of nitrogens with zero attached hydrogens (tertiary/aromatic N) is 3. The zero-order valence-corrected chi connectivity index (χ0v) is 10.4. The maximum Gasteiger partial charge on any atom is 0.256 e. The first kappa shape index (κ1) is 12.9. The number of hydrogen-bond donors (Lipinski definition) is 1. The van der Waals surface area contributed by atoms with E-state index in [4.69, 9.17) is 4.74 Å². The van der Waals surface area contributed by atoms with Crippen LogP contribution in [0.15, 0.2) is 18.7 Å². The Hall–Kier alpha value is -1.53. The predicted octanol–water partition coefficient (Wildman–Crippen LogP) is 0.0901. The average molecular weight is 251 g/mol. The summed E-state index contributed by atoms with van der Waals surface area (Å²) in [7, 11) is 1.67. The monoisotopic (exact) mass is 251 g/mol. The molecule has 0 bridgehead atoms. The smallest absolute Gasteiger partial charge is 0.256 e. The Bertz CT molecular complexity index is 404. The second-order valence-corrected chi connectivity index (χ2v) is 4.63. The number of rotatable bonds is 3. The Morgan fingerprint density at radius 1 is 1.44 bits per heavy atom. The van der Waals surface area contributed by atoms with Crippen LogP contribution in [0, 0.1) is 0 Å². The van der Waals surface area contributed by atoms with E-state index in [0.29, 0.717) is 38.2 Å². The Balaban J connectivity index is 1.99. The summed E-state index contributed by atoms with van der Waals surface area (Å²) in [4.78, 5) is 21.2. The van der Waals surface area contributed by atoms with E-state index in [0.717, 1.165) is 0 Å². The molecule has 0 spiro atoms. The molecule has 1 aliphatic heterocycles. The number of aromatic nitrogens is 2. The first-order valence-electron chi connectivity index (χ1n) is 5.91. The Labute approximate surface area is 106 Å².